The Morgan fingerprint density at radius 1 is 1.10 bits per heavy atom. The number of hydrogen-bond donors (Lipinski definition) is 0. The van der Waals surface area contributed by atoms with Crippen LogP contribution in [0.3, 0.4) is 0 Å². The van der Waals surface area contributed by atoms with Gasteiger partial charge in [0.15, 0.2) is 0 Å². The fraction of sp³-hybridized carbons (Fsp3) is 0.375. The number of aromatic nitrogens is 2. The molecule has 0 unspecified atom stereocenters. The Hall–Kier alpha value is -1.94. The molecule has 4 nitrogen and oxygen atoms in total. The Balaban J connectivity index is 2.10. The molecule has 0 N–H and O–H groups in total. The minimum absolute atomic E-state index is 0.469. The highest BCUT2D eigenvalue weighted by Crippen LogP contribution is 2.13. The minimum atomic E-state index is 0.469. The molecule has 0 saturated carbocycles. The SMILES string of the molecule is CCc1nc(COC)cc(OCc2cccc(C)c2)n1. The van der Waals surface area contributed by atoms with Gasteiger partial charge in [-0.2, -0.15) is 4.98 Å². The average molecular weight is 272 g/mol. The van der Waals surface area contributed by atoms with Crippen LogP contribution in [0.5, 0.6) is 5.88 Å². The van der Waals surface area contributed by atoms with Gasteiger partial charge in [0.1, 0.15) is 12.4 Å². The van der Waals surface area contributed by atoms with Crippen LogP contribution in [-0.2, 0) is 24.4 Å². The first-order valence-corrected chi connectivity index (χ1v) is 6.75. The maximum absolute atomic E-state index is 5.77. The van der Waals surface area contributed by atoms with Gasteiger partial charge in [-0.1, -0.05) is 36.8 Å². The zero-order chi connectivity index (χ0) is 14.4. The molecule has 2 aromatic rings. The maximum Gasteiger partial charge on any atom is 0.217 e. The zero-order valence-electron chi connectivity index (χ0n) is 12.2. The van der Waals surface area contributed by atoms with E-state index in [-0.39, 0.29) is 0 Å². The number of methoxy groups -OCH3 is 1. The van der Waals surface area contributed by atoms with Gasteiger partial charge in [-0.25, -0.2) is 4.98 Å². The Labute approximate surface area is 119 Å². The third kappa shape index (κ3) is 4.03. The summed E-state index contributed by atoms with van der Waals surface area (Å²) >= 11 is 0. The van der Waals surface area contributed by atoms with Crippen molar-refractivity contribution < 1.29 is 9.47 Å². The van der Waals surface area contributed by atoms with Crippen LogP contribution in [0.2, 0.25) is 0 Å². The molecule has 0 aliphatic carbocycles. The van der Waals surface area contributed by atoms with E-state index in [0.29, 0.717) is 19.1 Å². The number of ether oxygens (including phenoxy) is 2. The van der Waals surface area contributed by atoms with Crippen LogP contribution in [0, 0.1) is 6.92 Å². The van der Waals surface area contributed by atoms with Crippen LogP contribution < -0.4 is 4.74 Å². The predicted octanol–water partition coefficient (Wildman–Crippen LogP) is 3.07. The summed E-state index contributed by atoms with van der Waals surface area (Å²) < 4.78 is 10.9. The first-order valence-electron chi connectivity index (χ1n) is 6.75. The average Bonchev–Trinajstić information content (AvgIpc) is 2.45. The van der Waals surface area contributed by atoms with Gasteiger partial charge in [0.25, 0.3) is 0 Å². The number of aryl methyl sites for hydroxylation is 2. The van der Waals surface area contributed by atoms with Crippen molar-refractivity contribution >= 4 is 0 Å². The zero-order valence-corrected chi connectivity index (χ0v) is 12.2. The van der Waals surface area contributed by atoms with Crippen molar-refractivity contribution in [3.8, 4) is 5.88 Å². The topological polar surface area (TPSA) is 44.2 Å². The van der Waals surface area contributed by atoms with Gasteiger partial charge in [-0.15, -0.1) is 0 Å². The van der Waals surface area contributed by atoms with Gasteiger partial charge in [-0.3, -0.25) is 0 Å². The van der Waals surface area contributed by atoms with Gasteiger partial charge >= 0.3 is 0 Å². The lowest BCUT2D eigenvalue weighted by Gasteiger charge is -2.09. The number of rotatable bonds is 6. The van der Waals surface area contributed by atoms with Gasteiger partial charge < -0.3 is 9.47 Å². The first kappa shape index (κ1) is 14.5. The van der Waals surface area contributed by atoms with E-state index < -0.39 is 0 Å². The highest BCUT2D eigenvalue weighted by atomic mass is 16.5. The highest BCUT2D eigenvalue weighted by molar-refractivity contribution is 5.23. The molecule has 1 heterocycles. The molecule has 106 valence electrons. The summed E-state index contributed by atoms with van der Waals surface area (Å²) in [6.07, 6.45) is 0.776. The molecule has 0 radical (unpaired) electrons. The van der Waals surface area contributed by atoms with Crippen molar-refractivity contribution in [2.75, 3.05) is 7.11 Å². The third-order valence-electron chi connectivity index (χ3n) is 2.88. The van der Waals surface area contributed by atoms with E-state index in [9.17, 15) is 0 Å². The molecule has 0 fully saturated rings. The fourth-order valence-corrected chi connectivity index (χ4v) is 1.94. The Morgan fingerprint density at radius 3 is 2.65 bits per heavy atom. The van der Waals surface area contributed by atoms with Gasteiger partial charge in [0.05, 0.1) is 12.3 Å². The van der Waals surface area contributed by atoms with Gasteiger partial charge in [-0.05, 0) is 12.5 Å². The Kier molecular flexibility index (Phi) is 5.07. The number of benzene rings is 1. The van der Waals surface area contributed by atoms with Crippen LogP contribution in [0.25, 0.3) is 0 Å². The van der Waals surface area contributed by atoms with Gasteiger partial charge in [0.2, 0.25) is 5.88 Å². The van der Waals surface area contributed by atoms with E-state index >= 15 is 0 Å². The highest BCUT2D eigenvalue weighted by Gasteiger charge is 2.05. The van der Waals surface area contributed by atoms with Crippen molar-refractivity contribution in [2.45, 2.75) is 33.5 Å². The van der Waals surface area contributed by atoms with Crippen molar-refractivity contribution in [2.24, 2.45) is 0 Å². The molecule has 2 rings (SSSR count). The van der Waals surface area contributed by atoms with E-state index in [1.54, 1.807) is 7.11 Å². The summed E-state index contributed by atoms with van der Waals surface area (Å²) in [4.78, 5) is 8.78. The summed E-state index contributed by atoms with van der Waals surface area (Å²) in [7, 11) is 1.65. The molecular weight excluding hydrogens is 252 g/mol. The van der Waals surface area contributed by atoms with Crippen molar-refractivity contribution in [3.05, 3.63) is 53.0 Å². The van der Waals surface area contributed by atoms with E-state index in [1.165, 1.54) is 5.56 Å². The number of hydrogen-bond acceptors (Lipinski definition) is 4. The lowest BCUT2D eigenvalue weighted by atomic mass is 10.1. The largest absolute Gasteiger partial charge is 0.473 e. The predicted molar refractivity (Wildman–Crippen MR) is 77.6 cm³/mol. The van der Waals surface area contributed by atoms with Crippen molar-refractivity contribution in [3.63, 3.8) is 0 Å². The summed E-state index contributed by atoms with van der Waals surface area (Å²) in [6, 6.07) is 10.1. The monoisotopic (exact) mass is 272 g/mol. The molecule has 0 saturated heterocycles. The quantitative estimate of drug-likeness (QED) is 0.810. The molecule has 0 bridgehead atoms. The van der Waals surface area contributed by atoms with E-state index in [2.05, 4.69) is 29.0 Å². The number of nitrogens with zero attached hydrogens (tertiary/aromatic N) is 2. The molecule has 1 aromatic carbocycles. The summed E-state index contributed by atoms with van der Waals surface area (Å²) in [5.41, 5.74) is 3.21. The van der Waals surface area contributed by atoms with E-state index in [0.717, 1.165) is 23.5 Å². The second-order valence-electron chi connectivity index (χ2n) is 4.68. The normalized spacial score (nSPS) is 10.6. The molecule has 0 aliphatic rings. The summed E-state index contributed by atoms with van der Waals surface area (Å²) in [5.74, 6) is 1.38. The standard InChI is InChI=1S/C16H20N2O2/c1-4-15-17-14(11-19-3)9-16(18-15)20-10-13-7-5-6-12(2)8-13/h5-9H,4,10-11H2,1-3H3. The fourth-order valence-electron chi connectivity index (χ4n) is 1.94. The molecule has 4 heteroatoms. The molecule has 0 atom stereocenters. The van der Waals surface area contributed by atoms with Crippen LogP contribution >= 0.6 is 0 Å². The lowest BCUT2D eigenvalue weighted by Crippen LogP contribution is -2.04. The minimum Gasteiger partial charge on any atom is -0.473 e. The van der Waals surface area contributed by atoms with Crippen LogP contribution in [0.4, 0.5) is 0 Å². The van der Waals surface area contributed by atoms with Gasteiger partial charge in [0, 0.05) is 19.6 Å². The second kappa shape index (κ2) is 7.01. The van der Waals surface area contributed by atoms with Crippen LogP contribution in [-0.4, -0.2) is 17.1 Å². The Morgan fingerprint density at radius 2 is 1.95 bits per heavy atom. The maximum atomic E-state index is 5.77. The summed E-state index contributed by atoms with van der Waals surface area (Å²) in [5, 5.41) is 0. The van der Waals surface area contributed by atoms with Crippen LogP contribution in [0.1, 0.15) is 29.6 Å². The molecular formula is C16H20N2O2. The third-order valence-corrected chi connectivity index (χ3v) is 2.88. The van der Waals surface area contributed by atoms with E-state index in [4.69, 9.17) is 9.47 Å². The molecule has 1 aromatic heterocycles. The Bertz CT molecular complexity index is 570. The van der Waals surface area contributed by atoms with E-state index in [1.807, 2.05) is 25.1 Å². The lowest BCUT2D eigenvalue weighted by molar-refractivity contribution is 0.180. The van der Waals surface area contributed by atoms with Crippen molar-refractivity contribution in [1.29, 1.82) is 0 Å². The summed E-state index contributed by atoms with van der Waals surface area (Å²) in [6.45, 7) is 5.07. The second-order valence-corrected chi connectivity index (χ2v) is 4.68. The first-order chi connectivity index (χ1) is 9.71. The molecule has 0 spiro atoms. The molecule has 0 aliphatic heterocycles. The van der Waals surface area contributed by atoms with Crippen LogP contribution in [0.15, 0.2) is 30.3 Å². The smallest absolute Gasteiger partial charge is 0.217 e. The molecule has 20 heavy (non-hydrogen) atoms. The molecule has 0 amide bonds. The van der Waals surface area contributed by atoms with Crippen molar-refractivity contribution in [1.82, 2.24) is 9.97 Å².